The van der Waals surface area contributed by atoms with Crippen LogP contribution >= 0.6 is 34.7 Å². The van der Waals surface area contributed by atoms with Crippen molar-refractivity contribution < 1.29 is 33.9 Å². The number of nitrogens with zero attached hydrogens (tertiary/aromatic N) is 3. The maximum atomic E-state index is 12.9. The molecule has 2 amide bonds. The predicted octanol–water partition coefficient (Wildman–Crippen LogP) is 1.18. The predicted molar refractivity (Wildman–Crippen MR) is 121 cm³/mol. The Labute approximate surface area is 202 Å². The molecule has 0 bridgehead atoms. The summed E-state index contributed by atoms with van der Waals surface area (Å²) in [6.45, 7) is 4.57. The number of thiazole rings is 1. The maximum absolute atomic E-state index is 12.9. The molecule has 0 radical (unpaired) electrons. The van der Waals surface area contributed by atoms with E-state index in [4.69, 9.17) is 21.2 Å². The van der Waals surface area contributed by atoms with Gasteiger partial charge in [-0.2, -0.15) is 0 Å². The number of thioether (sulfide) groups is 1. The second kappa shape index (κ2) is 10.1. The molecule has 1 unspecified atom stereocenters. The molecular weight excluding hydrogens is 496 g/mol. The van der Waals surface area contributed by atoms with Gasteiger partial charge in [0.25, 0.3) is 11.8 Å². The first kappa shape index (κ1) is 25.0. The van der Waals surface area contributed by atoms with Crippen LogP contribution in [0.25, 0.3) is 0 Å². The number of alkyl halides is 1. The second-order valence-electron chi connectivity index (χ2n) is 7.93. The standard InChI is InChI=1S/C19H21ClN4O7S2/c1-19(2,3)31-11(25)5-30-23-12(10-7-32-8-21-10)15(26)22-13-16(27)24-14(18(28)29)9(4-20)6-33-17(13)24/h7-8,13,17H,4-6H2,1-3H3,(H,22,26)(H,28,29)/t13?,17-/m0/s1. The Morgan fingerprint density at radius 3 is 2.70 bits per heavy atom. The van der Waals surface area contributed by atoms with Gasteiger partial charge in [-0.1, -0.05) is 5.16 Å². The van der Waals surface area contributed by atoms with E-state index in [1.54, 1.807) is 26.2 Å². The van der Waals surface area contributed by atoms with Gasteiger partial charge < -0.3 is 20.0 Å². The fourth-order valence-corrected chi connectivity index (χ4v) is 5.27. The van der Waals surface area contributed by atoms with Gasteiger partial charge >= 0.3 is 11.9 Å². The molecule has 14 heteroatoms. The highest BCUT2D eigenvalue weighted by molar-refractivity contribution is 8.00. The van der Waals surface area contributed by atoms with Crippen molar-refractivity contribution in [2.75, 3.05) is 18.2 Å². The Morgan fingerprint density at radius 1 is 1.39 bits per heavy atom. The monoisotopic (exact) mass is 516 g/mol. The number of fused-ring (bicyclic) bond motifs is 1. The van der Waals surface area contributed by atoms with Crippen LogP contribution in [0.15, 0.2) is 27.3 Å². The molecule has 3 heterocycles. The summed E-state index contributed by atoms with van der Waals surface area (Å²) in [6, 6.07) is -0.969. The number of esters is 1. The molecular formula is C19H21ClN4O7S2. The van der Waals surface area contributed by atoms with Crippen molar-refractivity contribution in [2.24, 2.45) is 5.16 Å². The molecule has 0 aromatic carbocycles. The molecule has 2 N–H and O–H groups in total. The third-order valence-electron chi connectivity index (χ3n) is 4.35. The lowest BCUT2D eigenvalue weighted by Gasteiger charge is -2.49. The molecule has 3 rings (SSSR count). The molecule has 1 saturated heterocycles. The number of hydrogen-bond acceptors (Lipinski definition) is 10. The first-order valence-corrected chi connectivity index (χ1v) is 12.1. The van der Waals surface area contributed by atoms with E-state index in [9.17, 15) is 24.3 Å². The number of nitrogens with one attached hydrogen (secondary N) is 1. The maximum Gasteiger partial charge on any atom is 0.352 e. The van der Waals surface area contributed by atoms with Crippen molar-refractivity contribution in [3.05, 3.63) is 27.9 Å². The number of rotatable bonds is 8. The molecule has 33 heavy (non-hydrogen) atoms. The number of aromatic nitrogens is 1. The molecule has 2 aliphatic heterocycles. The van der Waals surface area contributed by atoms with E-state index in [0.29, 0.717) is 11.3 Å². The summed E-state index contributed by atoms with van der Waals surface area (Å²) < 4.78 is 5.12. The zero-order valence-electron chi connectivity index (χ0n) is 17.9. The van der Waals surface area contributed by atoms with Crippen molar-refractivity contribution in [3.8, 4) is 0 Å². The van der Waals surface area contributed by atoms with Crippen LogP contribution in [0, 0.1) is 0 Å². The summed E-state index contributed by atoms with van der Waals surface area (Å²) in [4.78, 5) is 59.2. The van der Waals surface area contributed by atoms with Gasteiger partial charge in [0.05, 0.1) is 5.51 Å². The van der Waals surface area contributed by atoms with E-state index in [-0.39, 0.29) is 23.0 Å². The highest BCUT2D eigenvalue weighted by Gasteiger charge is 2.54. The first-order chi connectivity index (χ1) is 15.5. The van der Waals surface area contributed by atoms with Crippen molar-refractivity contribution in [3.63, 3.8) is 0 Å². The van der Waals surface area contributed by atoms with Crippen LogP contribution in [0.4, 0.5) is 0 Å². The van der Waals surface area contributed by atoms with Crippen LogP contribution in [0.1, 0.15) is 26.5 Å². The molecule has 1 aromatic heterocycles. The van der Waals surface area contributed by atoms with Crippen LogP contribution < -0.4 is 5.32 Å². The highest BCUT2D eigenvalue weighted by Crippen LogP contribution is 2.40. The Hall–Kier alpha value is -2.64. The largest absolute Gasteiger partial charge is 0.477 e. The van der Waals surface area contributed by atoms with Crippen LogP contribution in [0.2, 0.25) is 0 Å². The zero-order chi connectivity index (χ0) is 24.3. The summed E-state index contributed by atoms with van der Waals surface area (Å²) in [5.41, 5.74) is 1.01. The van der Waals surface area contributed by atoms with Gasteiger partial charge in [-0.15, -0.1) is 34.7 Å². The topological polar surface area (TPSA) is 147 Å². The minimum absolute atomic E-state index is 0.0161. The third-order valence-corrected chi connectivity index (χ3v) is 6.59. The van der Waals surface area contributed by atoms with Crippen LogP contribution in [-0.4, -0.2) is 79.7 Å². The van der Waals surface area contributed by atoms with E-state index in [0.717, 1.165) is 4.90 Å². The number of oxime groups is 1. The van der Waals surface area contributed by atoms with Crippen LogP contribution in [0.3, 0.4) is 0 Å². The number of carboxylic acids is 1. The normalized spacial score (nSPS) is 20.7. The van der Waals surface area contributed by atoms with Crippen molar-refractivity contribution >= 4 is 64.2 Å². The SMILES string of the molecule is CC(C)(C)OC(=O)CON=C(C(=O)NC1C(=O)N2C(C(=O)O)=C(CCl)CS[C@@H]12)c1cscn1. The number of carboxylic acid groups (broad SMARTS) is 1. The van der Waals surface area contributed by atoms with E-state index in [1.165, 1.54) is 28.6 Å². The molecule has 0 spiro atoms. The van der Waals surface area contributed by atoms with Gasteiger partial charge in [-0.05, 0) is 26.3 Å². The Morgan fingerprint density at radius 2 is 2.12 bits per heavy atom. The summed E-state index contributed by atoms with van der Waals surface area (Å²) in [6.07, 6.45) is 0. The average molecular weight is 517 g/mol. The molecule has 11 nitrogen and oxygen atoms in total. The summed E-state index contributed by atoms with van der Waals surface area (Å²) >= 11 is 8.33. The lowest BCUT2D eigenvalue weighted by molar-refractivity contribution is -0.160. The number of carbonyl (C=O) groups is 4. The third kappa shape index (κ3) is 5.65. The summed E-state index contributed by atoms with van der Waals surface area (Å²) in [5.74, 6) is -2.96. The highest BCUT2D eigenvalue weighted by atomic mass is 35.5. The van der Waals surface area contributed by atoms with E-state index < -0.39 is 47.4 Å². The van der Waals surface area contributed by atoms with Crippen molar-refractivity contribution in [2.45, 2.75) is 37.8 Å². The number of halogens is 1. The van der Waals surface area contributed by atoms with Gasteiger partial charge in [-0.3, -0.25) is 14.5 Å². The van der Waals surface area contributed by atoms with E-state index in [2.05, 4.69) is 15.5 Å². The number of ether oxygens (including phenoxy) is 1. The lowest BCUT2D eigenvalue weighted by atomic mass is 10.0. The van der Waals surface area contributed by atoms with E-state index >= 15 is 0 Å². The Bertz CT molecular complexity index is 1020. The Balaban J connectivity index is 1.71. The van der Waals surface area contributed by atoms with Crippen LogP contribution in [0.5, 0.6) is 0 Å². The molecule has 2 aliphatic rings. The van der Waals surface area contributed by atoms with Gasteiger partial charge in [0.1, 0.15) is 28.4 Å². The quantitative estimate of drug-likeness (QED) is 0.171. The zero-order valence-corrected chi connectivity index (χ0v) is 20.3. The molecule has 1 aromatic rings. The fourth-order valence-electron chi connectivity index (χ4n) is 3.05. The number of amides is 2. The van der Waals surface area contributed by atoms with Crippen molar-refractivity contribution in [1.82, 2.24) is 15.2 Å². The molecule has 2 atom stereocenters. The number of carbonyl (C=O) groups excluding carboxylic acids is 3. The molecule has 0 aliphatic carbocycles. The molecule has 1 fully saturated rings. The average Bonchev–Trinajstić information content (AvgIpc) is 3.26. The van der Waals surface area contributed by atoms with E-state index in [1.807, 2.05) is 0 Å². The smallest absolute Gasteiger partial charge is 0.352 e. The number of hydrogen-bond donors (Lipinski definition) is 2. The first-order valence-electron chi connectivity index (χ1n) is 9.60. The molecule has 178 valence electrons. The van der Waals surface area contributed by atoms with Gasteiger partial charge in [0, 0.05) is 17.0 Å². The fraction of sp³-hybridized carbons (Fsp3) is 0.474. The minimum atomic E-state index is -1.26. The summed E-state index contributed by atoms with van der Waals surface area (Å²) in [7, 11) is 0. The number of β-lactam (4-membered cyclic amide) rings is 1. The lowest BCUT2D eigenvalue weighted by Crippen LogP contribution is -2.71. The van der Waals surface area contributed by atoms with Gasteiger partial charge in [-0.25, -0.2) is 14.6 Å². The minimum Gasteiger partial charge on any atom is -0.477 e. The van der Waals surface area contributed by atoms with Gasteiger partial charge in [0.15, 0.2) is 5.71 Å². The van der Waals surface area contributed by atoms with Crippen LogP contribution in [-0.2, 0) is 28.8 Å². The number of aliphatic carboxylic acids is 1. The second-order valence-corrected chi connectivity index (χ2v) is 10.0. The Kier molecular flexibility index (Phi) is 7.65. The summed E-state index contributed by atoms with van der Waals surface area (Å²) in [5, 5.41) is 16.7. The molecule has 0 saturated carbocycles. The van der Waals surface area contributed by atoms with Crippen molar-refractivity contribution in [1.29, 1.82) is 0 Å². The van der Waals surface area contributed by atoms with Gasteiger partial charge in [0.2, 0.25) is 6.61 Å².